The average Bonchev–Trinajstić information content (AvgIpc) is 2.61. The smallest absolute Gasteiger partial charge is 0.250 e. The third-order valence-electron chi connectivity index (χ3n) is 6.05. The number of aliphatic hydroxyl groups excluding tert-OH is 1. The number of pyridine rings is 1. The minimum Gasteiger partial charge on any atom is -0.490 e. The van der Waals surface area contributed by atoms with E-state index in [4.69, 9.17) is 4.74 Å². The van der Waals surface area contributed by atoms with Crippen LogP contribution in [0.4, 0.5) is 0 Å². The molecule has 2 aliphatic heterocycles. The minimum atomic E-state index is -0.531. The first-order valence-corrected chi connectivity index (χ1v) is 10.2. The van der Waals surface area contributed by atoms with Crippen LogP contribution in [0.15, 0.2) is 35.1 Å². The summed E-state index contributed by atoms with van der Waals surface area (Å²) in [6.45, 7) is 9.69. The van der Waals surface area contributed by atoms with Crippen LogP contribution in [0, 0.1) is 26.7 Å². The highest BCUT2D eigenvalue weighted by molar-refractivity contribution is 5.42. The maximum Gasteiger partial charge on any atom is 0.250 e. The van der Waals surface area contributed by atoms with Crippen molar-refractivity contribution in [1.29, 1.82) is 0 Å². The fourth-order valence-corrected chi connectivity index (χ4v) is 5.07. The standard InChI is InChI=1S/C23H30N2O3/c1-15-7-16(2)23(17(3)8-15)28-14-20(26)13-24-10-18-9-19(12-24)21-5-4-6-22(27)25(21)11-18/h4-8,18-20,26H,9-14H2,1-3H3/t18-,19+,20?/m0/s1. The van der Waals surface area contributed by atoms with Crippen molar-refractivity contribution in [3.8, 4) is 5.75 Å². The molecule has 4 rings (SSSR count). The van der Waals surface area contributed by atoms with Crippen molar-refractivity contribution in [2.45, 2.75) is 45.8 Å². The van der Waals surface area contributed by atoms with Gasteiger partial charge in [-0.05, 0) is 50.3 Å². The summed E-state index contributed by atoms with van der Waals surface area (Å²) in [5, 5.41) is 10.6. The summed E-state index contributed by atoms with van der Waals surface area (Å²) in [5.74, 6) is 1.73. The molecule has 1 N–H and O–H groups in total. The molecule has 5 heteroatoms. The average molecular weight is 383 g/mol. The minimum absolute atomic E-state index is 0.109. The largest absolute Gasteiger partial charge is 0.490 e. The molecule has 2 aliphatic rings. The number of ether oxygens (including phenoxy) is 1. The summed E-state index contributed by atoms with van der Waals surface area (Å²) in [5.41, 5.74) is 4.70. The fraction of sp³-hybridized carbons (Fsp3) is 0.522. The van der Waals surface area contributed by atoms with Gasteiger partial charge in [0.15, 0.2) is 0 Å². The van der Waals surface area contributed by atoms with Crippen LogP contribution < -0.4 is 10.3 Å². The molecule has 0 spiro atoms. The van der Waals surface area contributed by atoms with E-state index in [9.17, 15) is 9.90 Å². The van der Waals surface area contributed by atoms with Crippen molar-refractivity contribution in [2.24, 2.45) is 5.92 Å². The molecule has 0 saturated carbocycles. The van der Waals surface area contributed by atoms with Crippen LogP contribution in [0.5, 0.6) is 5.75 Å². The van der Waals surface area contributed by atoms with Gasteiger partial charge in [0, 0.05) is 43.9 Å². The summed E-state index contributed by atoms with van der Waals surface area (Å²) in [4.78, 5) is 14.5. The van der Waals surface area contributed by atoms with Gasteiger partial charge in [0.25, 0.3) is 5.56 Å². The van der Waals surface area contributed by atoms with Crippen molar-refractivity contribution in [1.82, 2.24) is 9.47 Å². The summed E-state index contributed by atoms with van der Waals surface area (Å²) in [6, 6.07) is 9.81. The van der Waals surface area contributed by atoms with Gasteiger partial charge in [-0.2, -0.15) is 0 Å². The molecule has 1 unspecified atom stereocenters. The molecule has 2 bridgehead atoms. The van der Waals surface area contributed by atoms with E-state index in [1.165, 1.54) is 5.56 Å². The van der Waals surface area contributed by atoms with Gasteiger partial charge in [-0.1, -0.05) is 23.8 Å². The van der Waals surface area contributed by atoms with Gasteiger partial charge in [-0.15, -0.1) is 0 Å². The summed E-state index contributed by atoms with van der Waals surface area (Å²) < 4.78 is 7.91. The van der Waals surface area contributed by atoms with E-state index in [0.29, 0.717) is 25.0 Å². The zero-order chi connectivity index (χ0) is 19.8. The van der Waals surface area contributed by atoms with E-state index in [2.05, 4.69) is 30.0 Å². The summed E-state index contributed by atoms with van der Waals surface area (Å²) in [6.07, 6.45) is 0.603. The summed E-state index contributed by atoms with van der Waals surface area (Å²) >= 11 is 0. The first kappa shape index (κ1) is 19.2. The van der Waals surface area contributed by atoms with Crippen molar-refractivity contribution in [3.05, 3.63) is 63.1 Å². The van der Waals surface area contributed by atoms with Crippen molar-refractivity contribution in [2.75, 3.05) is 26.2 Å². The van der Waals surface area contributed by atoms with Crippen molar-refractivity contribution < 1.29 is 9.84 Å². The lowest BCUT2D eigenvalue weighted by Gasteiger charge is -2.43. The van der Waals surface area contributed by atoms with Crippen molar-refractivity contribution >= 4 is 0 Å². The third kappa shape index (κ3) is 3.87. The molecular formula is C23H30N2O3. The van der Waals surface area contributed by atoms with Gasteiger partial charge < -0.3 is 14.4 Å². The quantitative estimate of drug-likeness (QED) is 0.864. The van der Waals surface area contributed by atoms with Crippen LogP contribution in [0.25, 0.3) is 0 Å². The number of fused-ring (bicyclic) bond motifs is 4. The number of hydrogen-bond acceptors (Lipinski definition) is 4. The fourth-order valence-electron chi connectivity index (χ4n) is 5.07. The lowest BCUT2D eigenvalue weighted by atomic mass is 9.83. The Morgan fingerprint density at radius 1 is 1.14 bits per heavy atom. The van der Waals surface area contributed by atoms with Crippen LogP contribution in [-0.2, 0) is 6.54 Å². The number of aryl methyl sites for hydroxylation is 3. The predicted molar refractivity (Wildman–Crippen MR) is 110 cm³/mol. The highest BCUT2D eigenvalue weighted by Gasteiger charge is 2.34. The maximum absolute atomic E-state index is 12.1. The van der Waals surface area contributed by atoms with E-state index < -0.39 is 6.10 Å². The van der Waals surface area contributed by atoms with Crippen LogP contribution in [0.1, 0.15) is 34.7 Å². The van der Waals surface area contributed by atoms with Crippen LogP contribution >= 0.6 is 0 Å². The maximum atomic E-state index is 12.1. The molecule has 1 aromatic carbocycles. The number of hydrogen-bond donors (Lipinski definition) is 1. The SMILES string of the molecule is Cc1cc(C)c(OCC(O)CN2C[C@@H]3C[C@H](C2)c2cccc(=O)n2C3)c(C)c1. The second-order valence-electron chi connectivity index (χ2n) is 8.61. The molecule has 1 fully saturated rings. The van der Waals surface area contributed by atoms with Crippen LogP contribution in [0.3, 0.4) is 0 Å². The number of piperidine rings is 1. The Morgan fingerprint density at radius 2 is 1.89 bits per heavy atom. The number of benzene rings is 1. The summed E-state index contributed by atoms with van der Waals surface area (Å²) in [7, 11) is 0. The molecule has 150 valence electrons. The Morgan fingerprint density at radius 3 is 2.64 bits per heavy atom. The number of aromatic nitrogens is 1. The van der Waals surface area contributed by atoms with Gasteiger partial charge in [-0.3, -0.25) is 9.69 Å². The molecule has 2 aromatic rings. The lowest BCUT2D eigenvalue weighted by molar-refractivity contribution is 0.0381. The zero-order valence-corrected chi connectivity index (χ0v) is 17.0. The van der Waals surface area contributed by atoms with Gasteiger partial charge >= 0.3 is 0 Å². The Balaban J connectivity index is 1.37. The normalized spacial score (nSPS) is 22.6. The molecule has 3 heterocycles. The first-order chi connectivity index (χ1) is 13.4. The molecule has 0 amide bonds. The number of likely N-dealkylation sites (tertiary alicyclic amines) is 1. The molecular weight excluding hydrogens is 352 g/mol. The number of rotatable bonds is 5. The van der Waals surface area contributed by atoms with E-state index in [0.717, 1.165) is 48.6 Å². The van der Waals surface area contributed by atoms with Crippen LogP contribution in [-0.4, -0.2) is 46.9 Å². The molecule has 1 saturated heterocycles. The molecule has 0 radical (unpaired) electrons. The monoisotopic (exact) mass is 382 g/mol. The second kappa shape index (κ2) is 7.72. The van der Waals surface area contributed by atoms with Gasteiger partial charge in [0.2, 0.25) is 0 Å². The molecule has 1 aromatic heterocycles. The van der Waals surface area contributed by atoms with E-state index >= 15 is 0 Å². The van der Waals surface area contributed by atoms with Gasteiger partial charge in [0.05, 0.1) is 0 Å². The molecule has 3 atom stereocenters. The van der Waals surface area contributed by atoms with E-state index in [1.54, 1.807) is 6.07 Å². The number of nitrogens with zero attached hydrogens (tertiary/aromatic N) is 2. The van der Waals surface area contributed by atoms with E-state index in [-0.39, 0.29) is 5.56 Å². The highest BCUT2D eigenvalue weighted by Crippen LogP contribution is 2.35. The number of β-amino-alcohol motifs (C(OH)–C–C–N with tert-alkyl or cyclic N) is 1. The topological polar surface area (TPSA) is 54.7 Å². The van der Waals surface area contributed by atoms with E-state index in [1.807, 2.05) is 24.5 Å². The third-order valence-corrected chi connectivity index (χ3v) is 6.05. The first-order valence-electron chi connectivity index (χ1n) is 10.2. The zero-order valence-electron chi connectivity index (χ0n) is 17.0. The number of aliphatic hydroxyl groups is 1. The molecule has 28 heavy (non-hydrogen) atoms. The Hall–Kier alpha value is -2.11. The highest BCUT2D eigenvalue weighted by atomic mass is 16.5. The van der Waals surface area contributed by atoms with Crippen LogP contribution in [0.2, 0.25) is 0 Å². The Bertz CT molecular complexity index is 897. The predicted octanol–water partition coefficient (Wildman–Crippen LogP) is 2.63. The lowest BCUT2D eigenvalue weighted by Crippen LogP contribution is -2.49. The molecule has 5 nitrogen and oxygen atoms in total. The van der Waals surface area contributed by atoms with Crippen molar-refractivity contribution in [3.63, 3.8) is 0 Å². The Labute approximate surface area is 166 Å². The van der Waals surface area contributed by atoms with Gasteiger partial charge in [-0.25, -0.2) is 0 Å². The Kier molecular flexibility index (Phi) is 5.30. The molecule has 0 aliphatic carbocycles. The van der Waals surface area contributed by atoms with Gasteiger partial charge in [0.1, 0.15) is 18.5 Å². The second-order valence-corrected chi connectivity index (χ2v) is 8.61.